The Labute approximate surface area is 166 Å². The van der Waals surface area contributed by atoms with Crippen LogP contribution < -0.4 is 0 Å². The number of carbonyl (C=O) groups excluding carboxylic acids is 1. The molecule has 3 heterocycles. The number of methoxy groups -OCH3 is 1. The van der Waals surface area contributed by atoms with Crippen LogP contribution in [-0.2, 0) is 16.1 Å². The molecule has 150 valence electrons. The Hall–Kier alpha value is -2.18. The smallest absolute Gasteiger partial charge is 0.254 e. The molecule has 2 fully saturated rings. The summed E-state index contributed by atoms with van der Waals surface area (Å²) >= 11 is 0. The van der Waals surface area contributed by atoms with Gasteiger partial charge in [0.2, 0.25) is 0 Å². The second-order valence-electron chi connectivity index (χ2n) is 8.24. The molecule has 0 radical (unpaired) electrons. The van der Waals surface area contributed by atoms with Crippen LogP contribution in [0.4, 0.5) is 0 Å². The fraction of sp³-hybridized carbons (Fsp3) is 0.545. The van der Waals surface area contributed by atoms with E-state index >= 15 is 0 Å². The zero-order valence-corrected chi connectivity index (χ0v) is 17.0. The lowest BCUT2D eigenvalue weighted by molar-refractivity contribution is -0.181. The number of ether oxygens (including phenoxy) is 1. The van der Waals surface area contributed by atoms with Gasteiger partial charge in [0.25, 0.3) is 5.91 Å². The van der Waals surface area contributed by atoms with Gasteiger partial charge < -0.3 is 9.64 Å². The summed E-state index contributed by atoms with van der Waals surface area (Å²) in [5, 5.41) is 7.43. The maximum atomic E-state index is 12.3. The molecule has 0 spiro atoms. The van der Waals surface area contributed by atoms with Crippen LogP contribution in [0.2, 0.25) is 0 Å². The number of β-lactam (4-membered cyclic amide) rings is 1. The van der Waals surface area contributed by atoms with Crippen LogP contribution in [0.15, 0.2) is 36.5 Å². The molecule has 2 aliphatic heterocycles. The third-order valence-corrected chi connectivity index (χ3v) is 6.23. The van der Waals surface area contributed by atoms with Crippen LogP contribution in [0, 0.1) is 5.92 Å². The highest BCUT2D eigenvalue weighted by Gasteiger charge is 2.52. The molecule has 2 saturated heterocycles. The second kappa shape index (κ2) is 8.05. The molecule has 28 heavy (non-hydrogen) atoms. The van der Waals surface area contributed by atoms with Crippen LogP contribution in [-0.4, -0.2) is 64.3 Å². The summed E-state index contributed by atoms with van der Waals surface area (Å²) in [5.74, 6) is 0.662. The van der Waals surface area contributed by atoms with Crippen molar-refractivity contribution in [2.24, 2.45) is 5.92 Å². The van der Waals surface area contributed by atoms with Crippen LogP contribution in [0.1, 0.15) is 32.3 Å². The Bertz CT molecular complexity index is 796. The second-order valence-corrected chi connectivity index (χ2v) is 8.24. The van der Waals surface area contributed by atoms with Gasteiger partial charge in [0.05, 0.1) is 17.9 Å². The normalized spacial score (nSPS) is 24.0. The number of aromatic amines is 1. The van der Waals surface area contributed by atoms with E-state index in [2.05, 4.69) is 53.2 Å². The largest absolute Gasteiger partial charge is 0.369 e. The monoisotopic (exact) mass is 382 g/mol. The van der Waals surface area contributed by atoms with E-state index in [0.717, 1.165) is 38.2 Å². The van der Waals surface area contributed by atoms with Crippen LogP contribution in [0.5, 0.6) is 0 Å². The minimum absolute atomic E-state index is 0.149. The first-order valence-electron chi connectivity index (χ1n) is 10.2. The summed E-state index contributed by atoms with van der Waals surface area (Å²) in [6, 6.07) is 10.8. The van der Waals surface area contributed by atoms with Gasteiger partial charge >= 0.3 is 0 Å². The number of amides is 1. The fourth-order valence-electron chi connectivity index (χ4n) is 4.80. The molecule has 1 amide bonds. The summed E-state index contributed by atoms with van der Waals surface area (Å²) in [5.41, 5.74) is 3.52. The molecule has 1 N–H and O–H groups in total. The maximum Gasteiger partial charge on any atom is 0.254 e. The van der Waals surface area contributed by atoms with Gasteiger partial charge in [-0.1, -0.05) is 30.3 Å². The number of hydrogen-bond donors (Lipinski definition) is 1. The number of nitrogens with zero attached hydrogens (tertiary/aromatic N) is 3. The molecule has 2 atom stereocenters. The Kier molecular flexibility index (Phi) is 5.51. The number of hydrogen-bond acceptors (Lipinski definition) is 4. The van der Waals surface area contributed by atoms with Gasteiger partial charge in [0, 0.05) is 25.3 Å². The van der Waals surface area contributed by atoms with E-state index in [9.17, 15) is 4.79 Å². The zero-order chi connectivity index (χ0) is 19.7. The first-order chi connectivity index (χ1) is 13.6. The fourth-order valence-corrected chi connectivity index (χ4v) is 4.80. The molecule has 2 aromatic rings. The standard InChI is InChI=1S/C22H30N4O2/c1-15(2)26-20(21(28-3)22(26)27)17-9-11-25(12-10-17)14-18-13-23-24-19(18)16-7-5-4-6-8-16/h4-8,13,15,17,20-21H,9-12,14H2,1-3H3,(H,23,24)/t20-,21+/m0/s1. The van der Waals surface area contributed by atoms with Crippen molar-refractivity contribution in [3.63, 3.8) is 0 Å². The van der Waals surface area contributed by atoms with E-state index in [1.54, 1.807) is 7.11 Å². The van der Waals surface area contributed by atoms with Crippen LogP contribution in [0.25, 0.3) is 11.3 Å². The van der Waals surface area contributed by atoms with Gasteiger partial charge in [-0.3, -0.25) is 14.8 Å². The van der Waals surface area contributed by atoms with Crippen molar-refractivity contribution in [1.29, 1.82) is 0 Å². The van der Waals surface area contributed by atoms with Gasteiger partial charge in [0.1, 0.15) is 0 Å². The van der Waals surface area contributed by atoms with E-state index in [1.807, 2.05) is 17.2 Å². The van der Waals surface area contributed by atoms with Gasteiger partial charge in [-0.15, -0.1) is 0 Å². The predicted octanol–water partition coefficient (Wildman–Crippen LogP) is 2.92. The lowest BCUT2D eigenvalue weighted by Crippen LogP contribution is -2.70. The lowest BCUT2D eigenvalue weighted by atomic mass is 9.79. The highest BCUT2D eigenvalue weighted by Crippen LogP contribution is 2.36. The summed E-state index contributed by atoms with van der Waals surface area (Å²) < 4.78 is 5.50. The summed E-state index contributed by atoms with van der Waals surface area (Å²) in [4.78, 5) is 16.8. The highest BCUT2D eigenvalue weighted by atomic mass is 16.5. The maximum absolute atomic E-state index is 12.3. The van der Waals surface area contributed by atoms with Gasteiger partial charge in [-0.2, -0.15) is 5.10 Å². The van der Waals surface area contributed by atoms with Crippen molar-refractivity contribution in [1.82, 2.24) is 20.0 Å². The van der Waals surface area contributed by atoms with Crippen molar-refractivity contribution in [2.75, 3.05) is 20.2 Å². The quantitative estimate of drug-likeness (QED) is 0.781. The molecule has 0 bridgehead atoms. The Balaban J connectivity index is 1.38. The topological polar surface area (TPSA) is 61.5 Å². The van der Waals surface area contributed by atoms with E-state index in [0.29, 0.717) is 5.92 Å². The van der Waals surface area contributed by atoms with Gasteiger partial charge in [-0.25, -0.2) is 0 Å². The number of likely N-dealkylation sites (tertiary alicyclic amines) is 2. The van der Waals surface area contributed by atoms with Gasteiger partial charge in [0.15, 0.2) is 6.10 Å². The van der Waals surface area contributed by atoms with Crippen molar-refractivity contribution in [3.8, 4) is 11.3 Å². The number of H-pyrrole nitrogens is 1. The summed E-state index contributed by atoms with van der Waals surface area (Å²) in [7, 11) is 1.66. The molecule has 2 aliphatic rings. The number of nitrogens with one attached hydrogen (secondary N) is 1. The van der Waals surface area contributed by atoms with Crippen molar-refractivity contribution in [3.05, 3.63) is 42.1 Å². The molecular formula is C22H30N4O2. The molecule has 1 aromatic heterocycles. The molecule has 6 heteroatoms. The third-order valence-electron chi connectivity index (χ3n) is 6.23. The van der Waals surface area contributed by atoms with Crippen LogP contribution in [0.3, 0.4) is 0 Å². The Morgan fingerprint density at radius 1 is 1.21 bits per heavy atom. The number of rotatable bonds is 6. The predicted molar refractivity (Wildman–Crippen MR) is 109 cm³/mol. The third kappa shape index (κ3) is 3.47. The van der Waals surface area contributed by atoms with Crippen molar-refractivity contribution >= 4 is 5.91 Å². The molecule has 4 rings (SSSR count). The number of piperidine rings is 1. The van der Waals surface area contributed by atoms with Crippen LogP contribution >= 0.6 is 0 Å². The number of carbonyl (C=O) groups is 1. The Morgan fingerprint density at radius 3 is 2.57 bits per heavy atom. The lowest BCUT2D eigenvalue weighted by Gasteiger charge is -2.53. The summed E-state index contributed by atoms with van der Waals surface area (Å²) in [6.45, 7) is 7.17. The molecule has 6 nitrogen and oxygen atoms in total. The number of benzene rings is 1. The van der Waals surface area contributed by atoms with E-state index in [-0.39, 0.29) is 24.1 Å². The number of aromatic nitrogens is 2. The van der Waals surface area contributed by atoms with Gasteiger partial charge in [-0.05, 0) is 51.3 Å². The zero-order valence-electron chi connectivity index (χ0n) is 17.0. The minimum Gasteiger partial charge on any atom is -0.369 e. The average Bonchev–Trinajstić information content (AvgIpc) is 3.15. The molecular weight excluding hydrogens is 352 g/mol. The van der Waals surface area contributed by atoms with Crippen molar-refractivity contribution < 1.29 is 9.53 Å². The minimum atomic E-state index is -0.252. The Morgan fingerprint density at radius 2 is 1.93 bits per heavy atom. The molecule has 0 saturated carbocycles. The molecule has 1 aromatic carbocycles. The average molecular weight is 383 g/mol. The highest BCUT2D eigenvalue weighted by molar-refractivity contribution is 5.88. The van der Waals surface area contributed by atoms with E-state index in [4.69, 9.17) is 4.74 Å². The first-order valence-corrected chi connectivity index (χ1v) is 10.2. The van der Waals surface area contributed by atoms with E-state index in [1.165, 1.54) is 11.1 Å². The molecule has 0 unspecified atom stereocenters. The SMILES string of the molecule is CO[C@H]1C(=O)N(C(C)C)[C@H]1C1CCN(Cc2cn[nH]c2-c2ccccc2)CC1. The summed E-state index contributed by atoms with van der Waals surface area (Å²) in [6.07, 6.45) is 3.89. The first kappa shape index (κ1) is 19.2. The van der Waals surface area contributed by atoms with E-state index < -0.39 is 0 Å². The molecule has 0 aliphatic carbocycles. The van der Waals surface area contributed by atoms with Crippen molar-refractivity contribution in [2.45, 2.75) is 51.4 Å².